The van der Waals surface area contributed by atoms with Gasteiger partial charge in [0.05, 0.1) is 5.69 Å². The number of aromatic carboxylic acids is 1. The molecule has 0 aliphatic heterocycles. The molecule has 0 aliphatic carbocycles. The predicted molar refractivity (Wildman–Crippen MR) is 44.6 cm³/mol. The Morgan fingerprint density at radius 2 is 2.20 bits per heavy atom. The SMILES string of the molecule is CCc1cc(C(=O)O)n(CC(F)(F)F)n1. The molecule has 1 aromatic heterocycles. The summed E-state index contributed by atoms with van der Waals surface area (Å²) in [5.41, 5.74) is -0.110. The second-order valence-electron chi connectivity index (χ2n) is 2.95. The van der Waals surface area contributed by atoms with Gasteiger partial charge in [0.15, 0.2) is 0 Å². The van der Waals surface area contributed by atoms with E-state index < -0.39 is 24.4 Å². The fraction of sp³-hybridized carbons (Fsp3) is 0.500. The molecule has 15 heavy (non-hydrogen) atoms. The van der Waals surface area contributed by atoms with Crippen LogP contribution in [0.3, 0.4) is 0 Å². The number of carboxylic acids is 1. The molecule has 0 saturated carbocycles. The first kappa shape index (κ1) is 11.5. The molecule has 0 aliphatic rings. The van der Waals surface area contributed by atoms with Crippen LogP contribution in [0.2, 0.25) is 0 Å². The van der Waals surface area contributed by atoms with Crippen LogP contribution in [0.15, 0.2) is 6.07 Å². The third-order valence-corrected chi connectivity index (χ3v) is 1.74. The first-order valence-corrected chi connectivity index (χ1v) is 4.20. The zero-order chi connectivity index (χ0) is 11.6. The Labute approximate surface area is 83.3 Å². The molecule has 0 amide bonds. The summed E-state index contributed by atoms with van der Waals surface area (Å²) in [7, 11) is 0. The van der Waals surface area contributed by atoms with Gasteiger partial charge in [-0.3, -0.25) is 0 Å². The summed E-state index contributed by atoms with van der Waals surface area (Å²) in [6, 6.07) is 1.15. The number of alkyl halides is 3. The number of hydrogen-bond acceptors (Lipinski definition) is 2. The van der Waals surface area contributed by atoms with Gasteiger partial charge in [-0.05, 0) is 12.5 Å². The highest BCUT2D eigenvalue weighted by atomic mass is 19.4. The highest BCUT2D eigenvalue weighted by Gasteiger charge is 2.30. The Kier molecular flexibility index (Phi) is 3.01. The number of aromatic nitrogens is 2. The molecule has 0 saturated heterocycles. The Morgan fingerprint density at radius 1 is 1.60 bits per heavy atom. The van der Waals surface area contributed by atoms with Crippen molar-refractivity contribution in [3.05, 3.63) is 17.5 Å². The van der Waals surface area contributed by atoms with Gasteiger partial charge in [-0.15, -0.1) is 0 Å². The first-order chi connectivity index (χ1) is 6.83. The number of carboxylic acid groups (broad SMARTS) is 1. The second kappa shape index (κ2) is 3.92. The quantitative estimate of drug-likeness (QED) is 0.846. The zero-order valence-electron chi connectivity index (χ0n) is 7.88. The van der Waals surface area contributed by atoms with Crippen LogP contribution in [0, 0.1) is 0 Å². The number of aryl methyl sites for hydroxylation is 1. The van der Waals surface area contributed by atoms with Crippen molar-refractivity contribution in [3.8, 4) is 0 Å². The molecule has 4 nitrogen and oxygen atoms in total. The van der Waals surface area contributed by atoms with E-state index in [2.05, 4.69) is 5.10 Å². The van der Waals surface area contributed by atoms with Crippen molar-refractivity contribution < 1.29 is 23.1 Å². The number of rotatable bonds is 3. The molecular formula is C8H9F3N2O2. The summed E-state index contributed by atoms with van der Waals surface area (Å²) in [6.07, 6.45) is -4.08. The maximum atomic E-state index is 12.0. The molecule has 1 N–H and O–H groups in total. The van der Waals surface area contributed by atoms with Crippen LogP contribution < -0.4 is 0 Å². The van der Waals surface area contributed by atoms with Crippen LogP contribution in [0.5, 0.6) is 0 Å². The van der Waals surface area contributed by atoms with Gasteiger partial charge < -0.3 is 5.11 Å². The molecule has 0 radical (unpaired) electrons. The maximum absolute atomic E-state index is 12.0. The summed E-state index contributed by atoms with van der Waals surface area (Å²) < 4.78 is 36.6. The van der Waals surface area contributed by atoms with E-state index >= 15 is 0 Å². The predicted octanol–water partition coefficient (Wildman–Crippen LogP) is 1.71. The van der Waals surface area contributed by atoms with Gasteiger partial charge in [0.2, 0.25) is 0 Å². The van der Waals surface area contributed by atoms with Gasteiger partial charge in [-0.2, -0.15) is 18.3 Å². The fourth-order valence-corrected chi connectivity index (χ4v) is 1.11. The van der Waals surface area contributed by atoms with Gasteiger partial charge in [0, 0.05) is 0 Å². The van der Waals surface area contributed by atoms with Gasteiger partial charge in [0.25, 0.3) is 0 Å². The number of halogens is 3. The van der Waals surface area contributed by atoms with Crippen LogP contribution in [0.4, 0.5) is 13.2 Å². The van der Waals surface area contributed by atoms with E-state index in [1.165, 1.54) is 0 Å². The van der Waals surface area contributed by atoms with Gasteiger partial charge in [-0.1, -0.05) is 6.92 Å². The molecule has 0 aromatic carbocycles. The van der Waals surface area contributed by atoms with Crippen LogP contribution >= 0.6 is 0 Å². The molecule has 1 aromatic rings. The topological polar surface area (TPSA) is 55.1 Å². The molecule has 1 heterocycles. The highest BCUT2D eigenvalue weighted by molar-refractivity contribution is 5.85. The van der Waals surface area contributed by atoms with Crippen molar-refractivity contribution in [1.29, 1.82) is 0 Å². The minimum Gasteiger partial charge on any atom is -0.477 e. The lowest BCUT2D eigenvalue weighted by atomic mass is 10.3. The van der Waals surface area contributed by atoms with Crippen molar-refractivity contribution in [2.75, 3.05) is 0 Å². The fourth-order valence-electron chi connectivity index (χ4n) is 1.11. The lowest BCUT2D eigenvalue weighted by Gasteiger charge is -2.07. The molecule has 0 spiro atoms. The molecular weight excluding hydrogens is 213 g/mol. The van der Waals surface area contributed by atoms with Crippen molar-refractivity contribution in [2.45, 2.75) is 26.1 Å². The summed E-state index contributed by atoms with van der Waals surface area (Å²) in [5.74, 6) is -1.41. The van der Waals surface area contributed by atoms with Crippen LogP contribution in [-0.4, -0.2) is 27.0 Å². The maximum Gasteiger partial charge on any atom is 0.408 e. The molecule has 0 fully saturated rings. The Morgan fingerprint density at radius 3 is 2.60 bits per heavy atom. The van der Waals surface area contributed by atoms with Crippen molar-refractivity contribution in [2.24, 2.45) is 0 Å². The molecule has 0 unspecified atom stereocenters. The third kappa shape index (κ3) is 2.97. The van der Waals surface area contributed by atoms with E-state index in [0.29, 0.717) is 16.8 Å². The smallest absolute Gasteiger partial charge is 0.408 e. The van der Waals surface area contributed by atoms with E-state index in [0.717, 1.165) is 6.07 Å². The summed E-state index contributed by atoms with van der Waals surface area (Å²) in [6.45, 7) is 0.306. The van der Waals surface area contributed by atoms with E-state index in [-0.39, 0.29) is 0 Å². The normalized spacial score (nSPS) is 11.7. The Bertz CT molecular complexity index is 370. The minimum atomic E-state index is -4.47. The van der Waals surface area contributed by atoms with E-state index in [1.807, 2.05) is 0 Å². The number of nitrogens with zero attached hydrogens (tertiary/aromatic N) is 2. The van der Waals surface area contributed by atoms with E-state index in [4.69, 9.17) is 5.11 Å². The van der Waals surface area contributed by atoms with Crippen molar-refractivity contribution in [3.63, 3.8) is 0 Å². The molecule has 1 rings (SSSR count). The van der Waals surface area contributed by atoms with Crippen molar-refractivity contribution in [1.82, 2.24) is 9.78 Å². The average Bonchev–Trinajstić information content (AvgIpc) is 2.44. The largest absolute Gasteiger partial charge is 0.477 e. The van der Waals surface area contributed by atoms with Crippen LogP contribution in [0.25, 0.3) is 0 Å². The highest BCUT2D eigenvalue weighted by Crippen LogP contribution is 2.19. The zero-order valence-corrected chi connectivity index (χ0v) is 7.88. The van der Waals surface area contributed by atoms with Crippen LogP contribution in [-0.2, 0) is 13.0 Å². The molecule has 0 bridgehead atoms. The van der Waals surface area contributed by atoms with Crippen molar-refractivity contribution >= 4 is 5.97 Å². The number of carbonyl (C=O) groups is 1. The standard InChI is InChI=1S/C8H9F3N2O2/c1-2-5-3-6(7(14)15)13(12-5)4-8(9,10)11/h3H,2,4H2,1H3,(H,14,15). The molecule has 7 heteroatoms. The Hall–Kier alpha value is -1.53. The lowest BCUT2D eigenvalue weighted by Crippen LogP contribution is -2.22. The minimum absolute atomic E-state index is 0.330. The van der Waals surface area contributed by atoms with Gasteiger partial charge in [0.1, 0.15) is 12.2 Å². The summed E-state index contributed by atoms with van der Waals surface area (Å²) >= 11 is 0. The summed E-state index contributed by atoms with van der Waals surface area (Å²) in [4.78, 5) is 10.6. The van der Waals surface area contributed by atoms with Gasteiger partial charge in [-0.25, -0.2) is 9.48 Å². The molecule has 84 valence electrons. The molecule has 0 atom stereocenters. The Balaban J connectivity index is 3.04. The van der Waals surface area contributed by atoms with E-state index in [9.17, 15) is 18.0 Å². The second-order valence-corrected chi connectivity index (χ2v) is 2.95. The monoisotopic (exact) mass is 222 g/mol. The number of hydrogen-bond donors (Lipinski definition) is 1. The lowest BCUT2D eigenvalue weighted by molar-refractivity contribution is -0.142. The summed E-state index contributed by atoms with van der Waals surface area (Å²) in [5, 5.41) is 12.2. The third-order valence-electron chi connectivity index (χ3n) is 1.74. The van der Waals surface area contributed by atoms with Gasteiger partial charge >= 0.3 is 12.1 Å². The average molecular weight is 222 g/mol. The van der Waals surface area contributed by atoms with Crippen LogP contribution in [0.1, 0.15) is 23.1 Å². The van der Waals surface area contributed by atoms with E-state index in [1.54, 1.807) is 6.92 Å². The first-order valence-electron chi connectivity index (χ1n) is 4.20.